The Morgan fingerprint density at radius 1 is 1.22 bits per heavy atom. The molecule has 0 aromatic heterocycles. The van der Waals surface area contributed by atoms with Gasteiger partial charge in [0.25, 0.3) is 0 Å². The number of ether oxygens (including phenoxy) is 2. The Morgan fingerprint density at radius 3 is 2.67 bits per heavy atom. The first kappa shape index (κ1) is 19.2. The molecule has 7 nitrogen and oxygen atoms in total. The molecule has 1 saturated heterocycles. The predicted octanol–water partition coefficient (Wildman–Crippen LogP) is 0.935. The van der Waals surface area contributed by atoms with Crippen molar-refractivity contribution in [1.29, 1.82) is 0 Å². The van der Waals surface area contributed by atoms with Crippen molar-refractivity contribution in [2.75, 3.05) is 33.4 Å². The van der Waals surface area contributed by atoms with Gasteiger partial charge in [0.05, 0.1) is 44.1 Å². The lowest BCUT2D eigenvalue weighted by Gasteiger charge is -2.32. The number of carbonyl (C=O) groups excluding carboxylic acids is 2. The number of methoxy groups -OCH3 is 1. The Labute approximate surface area is 159 Å². The summed E-state index contributed by atoms with van der Waals surface area (Å²) in [5, 5.41) is 5.72. The molecule has 2 aliphatic rings. The van der Waals surface area contributed by atoms with Crippen LogP contribution in [0.2, 0.25) is 0 Å². The first-order valence-corrected chi connectivity index (χ1v) is 9.58. The molecule has 0 unspecified atom stereocenters. The highest BCUT2D eigenvalue weighted by molar-refractivity contribution is 5.95. The quantitative estimate of drug-likeness (QED) is 0.648. The zero-order chi connectivity index (χ0) is 19.2. The first-order valence-electron chi connectivity index (χ1n) is 9.58. The number of carbonyl (C=O) groups is 2. The zero-order valence-electron chi connectivity index (χ0n) is 16.0. The van der Waals surface area contributed by atoms with E-state index in [2.05, 4.69) is 10.6 Å². The lowest BCUT2D eigenvalue weighted by atomic mass is 9.94. The van der Waals surface area contributed by atoms with E-state index in [0.717, 1.165) is 18.7 Å². The van der Waals surface area contributed by atoms with Gasteiger partial charge in [-0.1, -0.05) is 18.2 Å². The topological polar surface area (TPSA) is 81.1 Å². The Morgan fingerprint density at radius 2 is 1.96 bits per heavy atom. The van der Waals surface area contributed by atoms with Gasteiger partial charge in [-0.05, 0) is 32.3 Å². The normalized spacial score (nSPS) is 20.7. The van der Waals surface area contributed by atoms with E-state index in [1.807, 2.05) is 24.3 Å². The number of esters is 1. The van der Waals surface area contributed by atoms with Gasteiger partial charge in [-0.25, -0.2) is 9.59 Å². The first-order chi connectivity index (χ1) is 13.1. The second kappa shape index (κ2) is 8.90. The fourth-order valence-corrected chi connectivity index (χ4v) is 3.82. The number of piperidine rings is 1. The molecule has 0 bridgehead atoms. The molecule has 1 fully saturated rings. The molecular formula is C20H28N3O4+. The van der Waals surface area contributed by atoms with Crippen LogP contribution in [0.25, 0.3) is 0 Å². The number of likely N-dealkylation sites (tertiary alicyclic amines) is 1. The van der Waals surface area contributed by atoms with Gasteiger partial charge >= 0.3 is 12.0 Å². The van der Waals surface area contributed by atoms with Crippen LogP contribution in [0.5, 0.6) is 5.75 Å². The van der Waals surface area contributed by atoms with Gasteiger partial charge in [0, 0.05) is 5.56 Å². The van der Waals surface area contributed by atoms with E-state index in [-0.39, 0.29) is 12.6 Å². The standard InChI is InChI=1S/C20H27N3O4/c1-3-27-19(24)17-15(13-23-11-7-4-8-12-23)21-20(25)22-18(17)14-9-5-6-10-16(14)26-2/h5-6,9-10,18H,3-4,7-8,11-13H2,1-2H3,(H2,21,22,25)/p+1/t18-/m0/s1. The van der Waals surface area contributed by atoms with Gasteiger partial charge < -0.3 is 25.0 Å². The summed E-state index contributed by atoms with van der Waals surface area (Å²) >= 11 is 0. The SMILES string of the molecule is CCOC(=O)C1=C(C[NH+]2CCCCC2)NC(=O)N[C@H]1c1ccccc1OC. The number of rotatable bonds is 6. The molecule has 3 rings (SSSR count). The molecule has 0 radical (unpaired) electrons. The molecule has 1 aromatic rings. The summed E-state index contributed by atoms with van der Waals surface area (Å²) in [5.41, 5.74) is 1.84. The number of benzene rings is 1. The number of hydrogen-bond donors (Lipinski definition) is 3. The molecule has 0 aliphatic carbocycles. The summed E-state index contributed by atoms with van der Waals surface area (Å²) in [6.45, 7) is 4.75. The molecule has 1 aromatic carbocycles. The van der Waals surface area contributed by atoms with Crippen LogP contribution in [0.3, 0.4) is 0 Å². The van der Waals surface area contributed by atoms with Crippen molar-refractivity contribution < 1.29 is 24.0 Å². The van der Waals surface area contributed by atoms with Gasteiger partial charge in [0.2, 0.25) is 0 Å². The largest absolute Gasteiger partial charge is 0.496 e. The highest BCUT2D eigenvalue weighted by atomic mass is 16.5. The molecular weight excluding hydrogens is 346 g/mol. The van der Waals surface area contributed by atoms with Crippen LogP contribution in [0.15, 0.2) is 35.5 Å². The Balaban J connectivity index is 2.02. The molecule has 1 atom stereocenters. The van der Waals surface area contributed by atoms with E-state index < -0.39 is 12.0 Å². The Hall–Kier alpha value is -2.54. The molecule has 2 aliphatic heterocycles. The third-order valence-electron chi connectivity index (χ3n) is 5.09. The summed E-state index contributed by atoms with van der Waals surface area (Å²) in [5.74, 6) is 0.212. The van der Waals surface area contributed by atoms with Gasteiger partial charge in [0.15, 0.2) is 0 Å². The minimum Gasteiger partial charge on any atom is -0.496 e. The van der Waals surface area contributed by atoms with Crippen molar-refractivity contribution in [1.82, 2.24) is 10.6 Å². The van der Waals surface area contributed by atoms with Gasteiger partial charge in [0.1, 0.15) is 12.3 Å². The highest BCUT2D eigenvalue weighted by Gasteiger charge is 2.36. The predicted molar refractivity (Wildman–Crippen MR) is 100 cm³/mol. The van der Waals surface area contributed by atoms with Crippen molar-refractivity contribution in [3.05, 3.63) is 41.1 Å². The molecule has 2 heterocycles. The van der Waals surface area contributed by atoms with Crippen LogP contribution in [-0.2, 0) is 9.53 Å². The average molecular weight is 374 g/mol. The summed E-state index contributed by atoms with van der Waals surface area (Å²) in [7, 11) is 1.58. The van der Waals surface area contributed by atoms with E-state index in [9.17, 15) is 9.59 Å². The maximum Gasteiger partial charge on any atom is 0.338 e. The van der Waals surface area contributed by atoms with Crippen LogP contribution in [0.4, 0.5) is 4.79 Å². The summed E-state index contributed by atoms with van der Waals surface area (Å²) in [4.78, 5) is 26.6. The third-order valence-corrected chi connectivity index (χ3v) is 5.09. The molecule has 0 spiro atoms. The highest BCUT2D eigenvalue weighted by Crippen LogP contribution is 2.33. The average Bonchev–Trinajstić information content (AvgIpc) is 2.68. The molecule has 7 heteroatoms. The minimum absolute atomic E-state index is 0.277. The van der Waals surface area contributed by atoms with Gasteiger partial charge in [-0.2, -0.15) is 0 Å². The number of amides is 2. The van der Waals surface area contributed by atoms with Crippen LogP contribution < -0.4 is 20.3 Å². The molecule has 146 valence electrons. The van der Waals surface area contributed by atoms with Crippen molar-refractivity contribution >= 4 is 12.0 Å². The van der Waals surface area contributed by atoms with Crippen LogP contribution in [-0.4, -0.2) is 45.4 Å². The minimum atomic E-state index is -0.604. The number of quaternary nitrogens is 1. The monoisotopic (exact) mass is 374 g/mol. The summed E-state index contributed by atoms with van der Waals surface area (Å²) < 4.78 is 10.8. The zero-order valence-corrected chi connectivity index (χ0v) is 16.0. The smallest absolute Gasteiger partial charge is 0.338 e. The van der Waals surface area contributed by atoms with E-state index in [1.54, 1.807) is 14.0 Å². The number of urea groups is 1. The van der Waals surface area contributed by atoms with Crippen LogP contribution >= 0.6 is 0 Å². The lowest BCUT2D eigenvalue weighted by molar-refractivity contribution is -0.900. The Kier molecular flexibility index (Phi) is 6.34. The number of para-hydroxylation sites is 1. The summed E-state index contributed by atoms with van der Waals surface area (Å²) in [6, 6.07) is 6.49. The number of hydrogen-bond acceptors (Lipinski definition) is 4. The lowest BCUT2D eigenvalue weighted by Crippen LogP contribution is -3.13. The fraction of sp³-hybridized carbons (Fsp3) is 0.500. The van der Waals surface area contributed by atoms with Crippen molar-refractivity contribution in [3.8, 4) is 5.75 Å². The van der Waals surface area contributed by atoms with Crippen molar-refractivity contribution in [2.24, 2.45) is 0 Å². The van der Waals surface area contributed by atoms with E-state index in [0.29, 0.717) is 23.6 Å². The second-order valence-electron chi connectivity index (χ2n) is 6.87. The second-order valence-corrected chi connectivity index (χ2v) is 6.87. The van der Waals surface area contributed by atoms with E-state index >= 15 is 0 Å². The van der Waals surface area contributed by atoms with Crippen molar-refractivity contribution in [2.45, 2.75) is 32.2 Å². The number of nitrogens with one attached hydrogen (secondary N) is 3. The fourth-order valence-electron chi connectivity index (χ4n) is 3.82. The molecule has 2 amide bonds. The maximum atomic E-state index is 12.8. The third kappa shape index (κ3) is 4.42. The van der Waals surface area contributed by atoms with Gasteiger partial charge in [-0.3, -0.25) is 0 Å². The molecule has 3 N–H and O–H groups in total. The summed E-state index contributed by atoms with van der Waals surface area (Å²) in [6.07, 6.45) is 3.57. The van der Waals surface area contributed by atoms with E-state index in [1.165, 1.54) is 24.2 Å². The Bertz CT molecular complexity index is 726. The van der Waals surface area contributed by atoms with Crippen LogP contribution in [0, 0.1) is 0 Å². The van der Waals surface area contributed by atoms with E-state index in [4.69, 9.17) is 9.47 Å². The molecule has 27 heavy (non-hydrogen) atoms. The molecule has 0 saturated carbocycles. The maximum absolute atomic E-state index is 12.8. The van der Waals surface area contributed by atoms with Crippen molar-refractivity contribution in [3.63, 3.8) is 0 Å². The van der Waals surface area contributed by atoms with Gasteiger partial charge in [-0.15, -0.1) is 0 Å². The van der Waals surface area contributed by atoms with Crippen LogP contribution in [0.1, 0.15) is 37.8 Å².